The molecule has 88 valence electrons. The Hall–Kier alpha value is -1.81. The van der Waals surface area contributed by atoms with Crippen LogP contribution in [0.5, 0.6) is 17.5 Å². The fourth-order valence-electron chi connectivity index (χ4n) is 1.23. The summed E-state index contributed by atoms with van der Waals surface area (Å²) < 4.78 is 10.6. The number of hydrogen-bond donors (Lipinski definition) is 0. The van der Waals surface area contributed by atoms with Crippen molar-refractivity contribution in [3.05, 3.63) is 42.2 Å². The molecule has 5 heteroatoms. The first kappa shape index (κ1) is 11.7. The van der Waals surface area contributed by atoms with Gasteiger partial charge in [0.05, 0.1) is 13.0 Å². The number of alkyl halides is 1. The first-order valence-electron chi connectivity index (χ1n) is 5.00. The average molecular weight is 251 g/mol. The highest BCUT2D eigenvalue weighted by Gasteiger charge is 2.01. The van der Waals surface area contributed by atoms with Crippen molar-refractivity contribution in [2.24, 2.45) is 0 Å². The second kappa shape index (κ2) is 5.50. The smallest absolute Gasteiger partial charge is 0.321 e. The molecule has 0 saturated carbocycles. The topological polar surface area (TPSA) is 44.2 Å². The third-order valence-corrected chi connectivity index (χ3v) is 2.39. The highest BCUT2D eigenvalue weighted by molar-refractivity contribution is 6.17. The van der Waals surface area contributed by atoms with Crippen molar-refractivity contribution in [2.45, 2.75) is 5.88 Å². The molecular formula is C12H11ClN2O2. The van der Waals surface area contributed by atoms with Crippen LogP contribution in [0.15, 0.2) is 36.7 Å². The van der Waals surface area contributed by atoms with Crippen LogP contribution < -0.4 is 9.47 Å². The van der Waals surface area contributed by atoms with E-state index in [1.165, 1.54) is 0 Å². The number of nitrogens with zero attached hydrogens (tertiary/aromatic N) is 2. The summed E-state index contributed by atoms with van der Waals surface area (Å²) in [6, 6.07) is 7.53. The van der Waals surface area contributed by atoms with Gasteiger partial charge in [0.25, 0.3) is 0 Å². The third kappa shape index (κ3) is 3.07. The maximum absolute atomic E-state index is 5.64. The van der Waals surface area contributed by atoms with Crippen LogP contribution in [0, 0.1) is 0 Å². The highest BCUT2D eigenvalue weighted by Crippen LogP contribution is 2.22. The lowest BCUT2D eigenvalue weighted by atomic mass is 10.3. The Morgan fingerprint density at radius 2 is 1.88 bits per heavy atom. The summed E-state index contributed by atoms with van der Waals surface area (Å²) in [7, 11) is 1.60. The SMILES string of the molecule is COc1cccc(Oc2ncc(CCl)cn2)c1. The normalized spacial score (nSPS) is 10.0. The lowest BCUT2D eigenvalue weighted by Gasteiger charge is -2.05. The van der Waals surface area contributed by atoms with Gasteiger partial charge in [-0.3, -0.25) is 0 Å². The predicted octanol–water partition coefficient (Wildman–Crippen LogP) is 3.02. The molecule has 2 rings (SSSR count). The van der Waals surface area contributed by atoms with Crippen molar-refractivity contribution >= 4 is 11.6 Å². The van der Waals surface area contributed by atoms with Crippen molar-refractivity contribution in [3.63, 3.8) is 0 Å². The molecule has 0 atom stereocenters. The third-order valence-electron chi connectivity index (χ3n) is 2.09. The summed E-state index contributed by atoms with van der Waals surface area (Å²) in [5.74, 6) is 1.74. The molecule has 0 saturated heterocycles. The summed E-state index contributed by atoms with van der Waals surface area (Å²) >= 11 is 5.64. The molecule has 0 amide bonds. The standard InChI is InChI=1S/C12H11ClN2O2/c1-16-10-3-2-4-11(5-10)17-12-14-7-9(6-13)8-15-12/h2-5,7-8H,6H2,1H3. The van der Waals surface area contributed by atoms with Crippen LogP contribution in [-0.4, -0.2) is 17.1 Å². The quantitative estimate of drug-likeness (QED) is 0.783. The zero-order valence-corrected chi connectivity index (χ0v) is 10.0. The molecule has 0 aliphatic rings. The first-order valence-corrected chi connectivity index (χ1v) is 5.54. The van der Waals surface area contributed by atoms with Gasteiger partial charge in [-0.1, -0.05) is 6.07 Å². The van der Waals surface area contributed by atoms with Crippen LogP contribution in [0.2, 0.25) is 0 Å². The average Bonchev–Trinajstić information content (AvgIpc) is 2.40. The van der Waals surface area contributed by atoms with Gasteiger partial charge in [0, 0.05) is 24.0 Å². The Balaban J connectivity index is 2.13. The Kier molecular flexibility index (Phi) is 3.77. The van der Waals surface area contributed by atoms with Crippen molar-refractivity contribution in [3.8, 4) is 17.5 Å². The van der Waals surface area contributed by atoms with E-state index in [1.54, 1.807) is 31.6 Å². The molecule has 17 heavy (non-hydrogen) atoms. The number of benzene rings is 1. The van der Waals surface area contributed by atoms with Gasteiger partial charge in [0.15, 0.2) is 0 Å². The van der Waals surface area contributed by atoms with Crippen LogP contribution >= 0.6 is 11.6 Å². The van der Waals surface area contributed by atoms with Crippen molar-refractivity contribution in [1.82, 2.24) is 9.97 Å². The largest absolute Gasteiger partial charge is 0.497 e. The Morgan fingerprint density at radius 3 is 2.53 bits per heavy atom. The van der Waals surface area contributed by atoms with Gasteiger partial charge in [-0.05, 0) is 12.1 Å². The van der Waals surface area contributed by atoms with E-state index in [-0.39, 0.29) is 6.01 Å². The van der Waals surface area contributed by atoms with Crippen molar-refractivity contribution < 1.29 is 9.47 Å². The Bertz CT molecular complexity index is 488. The highest BCUT2D eigenvalue weighted by atomic mass is 35.5. The summed E-state index contributed by atoms with van der Waals surface area (Å²) in [6.07, 6.45) is 3.27. The first-order chi connectivity index (χ1) is 8.31. The van der Waals surface area contributed by atoms with E-state index in [0.29, 0.717) is 11.6 Å². The molecule has 0 unspecified atom stereocenters. The van der Waals surface area contributed by atoms with E-state index in [9.17, 15) is 0 Å². The zero-order valence-electron chi connectivity index (χ0n) is 9.26. The molecule has 0 bridgehead atoms. The van der Waals surface area contributed by atoms with Gasteiger partial charge < -0.3 is 9.47 Å². The number of hydrogen-bond acceptors (Lipinski definition) is 4. The number of aromatic nitrogens is 2. The summed E-state index contributed by atoms with van der Waals surface area (Å²) in [5.41, 5.74) is 0.852. The molecule has 0 spiro atoms. The van der Waals surface area contributed by atoms with Crippen molar-refractivity contribution in [2.75, 3.05) is 7.11 Å². The van der Waals surface area contributed by atoms with E-state index in [0.717, 1.165) is 11.3 Å². The van der Waals surface area contributed by atoms with Gasteiger partial charge in [-0.2, -0.15) is 0 Å². The molecule has 1 aromatic carbocycles. The van der Waals surface area contributed by atoms with Crippen LogP contribution in [0.1, 0.15) is 5.56 Å². The van der Waals surface area contributed by atoms with Gasteiger partial charge in [-0.15, -0.1) is 11.6 Å². The van der Waals surface area contributed by atoms with Gasteiger partial charge in [0.1, 0.15) is 11.5 Å². The molecule has 4 nitrogen and oxygen atoms in total. The van der Waals surface area contributed by atoms with Gasteiger partial charge >= 0.3 is 6.01 Å². The Labute approximate surface area is 104 Å². The lowest BCUT2D eigenvalue weighted by Crippen LogP contribution is -1.93. The molecular weight excluding hydrogens is 240 g/mol. The van der Waals surface area contributed by atoms with Gasteiger partial charge in [-0.25, -0.2) is 9.97 Å². The van der Waals surface area contributed by atoms with E-state index < -0.39 is 0 Å². The number of ether oxygens (including phenoxy) is 2. The number of methoxy groups -OCH3 is 1. The van der Waals surface area contributed by atoms with Crippen LogP contribution in [0.4, 0.5) is 0 Å². The lowest BCUT2D eigenvalue weighted by molar-refractivity contribution is 0.404. The number of halogens is 1. The second-order valence-corrected chi connectivity index (χ2v) is 3.56. The maximum Gasteiger partial charge on any atom is 0.321 e. The molecule has 0 radical (unpaired) electrons. The second-order valence-electron chi connectivity index (χ2n) is 3.29. The fourth-order valence-corrected chi connectivity index (χ4v) is 1.37. The number of rotatable bonds is 4. The molecule has 1 heterocycles. The van der Waals surface area contributed by atoms with E-state index in [4.69, 9.17) is 21.1 Å². The van der Waals surface area contributed by atoms with Crippen LogP contribution in [-0.2, 0) is 5.88 Å². The monoisotopic (exact) mass is 250 g/mol. The summed E-state index contributed by atoms with van der Waals surface area (Å²) in [4.78, 5) is 8.08. The minimum Gasteiger partial charge on any atom is -0.497 e. The summed E-state index contributed by atoms with van der Waals surface area (Å²) in [5, 5.41) is 0. The molecule has 0 fully saturated rings. The van der Waals surface area contributed by atoms with E-state index in [1.807, 2.05) is 12.1 Å². The molecule has 1 aromatic heterocycles. The van der Waals surface area contributed by atoms with Gasteiger partial charge in [0.2, 0.25) is 0 Å². The molecule has 0 aliphatic heterocycles. The fraction of sp³-hybridized carbons (Fsp3) is 0.167. The minimum atomic E-state index is 0.284. The van der Waals surface area contributed by atoms with Crippen molar-refractivity contribution in [1.29, 1.82) is 0 Å². The Morgan fingerprint density at radius 1 is 1.18 bits per heavy atom. The minimum absolute atomic E-state index is 0.284. The predicted molar refractivity (Wildman–Crippen MR) is 64.7 cm³/mol. The zero-order chi connectivity index (χ0) is 12.1. The van der Waals surface area contributed by atoms with E-state index in [2.05, 4.69) is 9.97 Å². The van der Waals surface area contributed by atoms with E-state index >= 15 is 0 Å². The summed E-state index contributed by atoms with van der Waals surface area (Å²) in [6.45, 7) is 0. The molecule has 2 aromatic rings. The molecule has 0 N–H and O–H groups in total. The van der Waals surface area contributed by atoms with Crippen LogP contribution in [0.3, 0.4) is 0 Å². The molecule has 0 aliphatic carbocycles. The maximum atomic E-state index is 5.64. The van der Waals surface area contributed by atoms with Crippen LogP contribution in [0.25, 0.3) is 0 Å².